The molecule has 0 amide bonds. The molecular weight excluding hydrogens is 388 g/mol. The second-order valence-electron chi connectivity index (χ2n) is 9.71. The smallest absolute Gasteiger partial charge is 0.241 e. The van der Waals surface area contributed by atoms with E-state index < -0.39 is 15.6 Å². The van der Waals surface area contributed by atoms with Crippen LogP contribution in [0.3, 0.4) is 0 Å². The summed E-state index contributed by atoms with van der Waals surface area (Å²) in [6, 6.07) is 5.18. The van der Waals surface area contributed by atoms with Crippen molar-refractivity contribution >= 4 is 21.5 Å². The van der Waals surface area contributed by atoms with Crippen LogP contribution in [0.5, 0.6) is 0 Å². The Morgan fingerprint density at radius 3 is 2.52 bits per heavy atom. The van der Waals surface area contributed by atoms with Gasteiger partial charge >= 0.3 is 0 Å². The van der Waals surface area contributed by atoms with Crippen LogP contribution in [0.4, 0.5) is 0 Å². The number of carbonyl (C=O) groups excluding carboxylic acids is 1. The van der Waals surface area contributed by atoms with Crippen LogP contribution in [0.2, 0.25) is 0 Å². The Balaban J connectivity index is 2.00. The molecule has 0 saturated carbocycles. The number of carbonyl (C=O) groups is 1. The molecule has 2 heterocycles. The zero-order valence-electron chi connectivity index (χ0n) is 18.0. The number of hydrogen-bond acceptors (Lipinski definition) is 5. The van der Waals surface area contributed by atoms with E-state index in [0.717, 1.165) is 30.4 Å². The Morgan fingerprint density at radius 1 is 1.24 bits per heavy atom. The van der Waals surface area contributed by atoms with Gasteiger partial charge in [-0.05, 0) is 71.6 Å². The lowest BCUT2D eigenvalue weighted by Crippen LogP contribution is -2.44. The maximum absolute atomic E-state index is 12.9. The molecule has 7 heteroatoms. The number of benzene rings is 1. The van der Waals surface area contributed by atoms with Crippen molar-refractivity contribution in [2.75, 3.05) is 13.2 Å². The first kappa shape index (κ1) is 22.0. The standard InChI is InChI=1S/C22H32N2O4S/c1-21(2,3)24-29(26,27)17-7-6-16-14-22(4,5)23-19(18(16)12-17)13-20(25)15-8-10-28-11-9-15/h6-7,12-13,15,23-24H,8-11,14H2,1-5H3/b19-13-. The molecule has 0 unspecified atom stereocenters. The fraction of sp³-hybridized carbons (Fsp3) is 0.591. The summed E-state index contributed by atoms with van der Waals surface area (Å²) in [6.45, 7) is 10.8. The molecule has 160 valence electrons. The maximum Gasteiger partial charge on any atom is 0.241 e. The van der Waals surface area contributed by atoms with Gasteiger partial charge < -0.3 is 10.1 Å². The fourth-order valence-corrected chi connectivity index (χ4v) is 5.34. The van der Waals surface area contributed by atoms with Crippen molar-refractivity contribution in [3.8, 4) is 0 Å². The molecule has 6 nitrogen and oxygen atoms in total. The first-order valence-electron chi connectivity index (χ1n) is 10.2. The van der Waals surface area contributed by atoms with E-state index in [2.05, 4.69) is 23.9 Å². The van der Waals surface area contributed by atoms with Crippen molar-refractivity contribution in [1.29, 1.82) is 0 Å². The number of nitrogens with one attached hydrogen (secondary N) is 2. The van der Waals surface area contributed by atoms with Crippen molar-refractivity contribution in [2.45, 2.75) is 69.9 Å². The summed E-state index contributed by atoms with van der Waals surface area (Å²) in [6.07, 6.45) is 3.85. The van der Waals surface area contributed by atoms with Crippen LogP contribution in [-0.4, -0.2) is 38.5 Å². The van der Waals surface area contributed by atoms with Crippen LogP contribution >= 0.6 is 0 Å². The topological polar surface area (TPSA) is 84.5 Å². The van der Waals surface area contributed by atoms with E-state index in [1.165, 1.54) is 0 Å². The van der Waals surface area contributed by atoms with Crippen LogP contribution in [0.1, 0.15) is 58.6 Å². The van der Waals surface area contributed by atoms with Crippen molar-refractivity contribution in [2.24, 2.45) is 5.92 Å². The second kappa shape index (κ2) is 7.85. The highest BCUT2D eigenvalue weighted by molar-refractivity contribution is 7.89. The van der Waals surface area contributed by atoms with Gasteiger partial charge in [0, 0.05) is 47.5 Å². The van der Waals surface area contributed by atoms with Crippen molar-refractivity contribution in [3.63, 3.8) is 0 Å². The molecule has 0 aromatic heterocycles. The monoisotopic (exact) mass is 420 g/mol. The molecule has 1 aromatic rings. The maximum atomic E-state index is 12.9. The zero-order valence-corrected chi connectivity index (χ0v) is 18.8. The zero-order chi connectivity index (χ0) is 21.4. The Morgan fingerprint density at radius 2 is 1.90 bits per heavy atom. The molecular formula is C22H32N2O4S. The summed E-state index contributed by atoms with van der Waals surface area (Å²) < 4.78 is 33.7. The van der Waals surface area contributed by atoms with E-state index >= 15 is 0 Å². The van der Waals surface area contributed by atoms with E-state index in [1.807, 2.05) is 26.8 Å². The quantitative estimate of drug-likeness (QED) is 0.732. The summed E-state index contributed by atoms with van der Waals surface area (Å²) in [5.74, 6) is 0.0292. The van der Waals surface area contributed by atoms with Crippen LogP contribution in [0.25, 0.3) is 5.70 Å². The molecule has 0 radical (unpaired) electrons. The SMILES string of the molecule is CC(C)(C)NS(=O)(=O)c1ccc2c(c1)/C(=C/C(=O)C1CCOCC1)NC(C)(C)C2. The molecule has 0 aliphatic carbocycles. The van der Waals surface area contributed by atoms with Crippen LogP contribution in [0.15, 0.2) is 29.2 Å². The summed E-state index contributed by atoms with van der Waals surface area (Å²) in [5, 5.41) is 3.44. The van der Waals surface area contributed by atoms with Crippen LogP contribution < -0.4 is 10.0 Å². The van der Waals surface area contributed by atoms with E-state index in [9.17, 15) is 13.2 Å². The number of allylic oxidation sites excluding steroid dienone is 1. The summed E-state index contributed by atoms with van der Waals surface area (Å²) in [7, 11) is -3.66. The third-order valence-electron chi connectivity index (χ3n) is 5.14. The largest absolute Gasteiger partial charge is 0.381 e. The van der Waals surface area contributed by atoms with Gasteiger partial charge in [0.05, 0.1) is 4.90 Å². The van der Waals surface area contributed by atoms with Gasteiger partial charge in [0.1, 0.15) is 0 Å². The molecule has 0 bridgehead atoms. The van der Waals surface area contributed by atoms with Gasteiger partial charge in [-0.1, -0.05) is 6.07 Å². The van der Waals surface area contributed by atoms with Gasteiger partial charge in [-0.3, -0.25) is 4.79 Å². The lowest BCUT2D eigenvalue weighted by Gasteiger charge is -2.36. The summed E-state index contributed by atoms with van der Waals surface area (Å²) in [5.41, 5.74) is 1.71. The lowest BCUT2D eigenvalue weighted by molar-refractivity contribution is -0.120. The summed E-state index contributed by atoms with van der Waals surface area (Å²) >= 11 is 0. The minimum Gasteiger partial charge on any atom is -0.381 e. The first-order chi connectivity index (χ1) is 13.4. The van der Waals surface area contributed by atoms with E-state index in [1.54, 1.807) is 18.2 Å². The normalized spacial score (nSPS) is 21.5. The molecule has 2 aliphatic rings. The van der Waals surface area contributed by atoms with E-state index in [0.29, 0.717) is 18.9 Å². The highest BCUT2D eigenvalue weighted by atomic mass is 32.2. The highest BCUT2D eigenvalue weighted by Gasteiger charge is 2.31. The lowest BCUT2D eigenvalue weighted by atomic mass is 9.85. The number of fused-ring (bicyclic) bond motifs is 1. The Labute approximate surface area is 174 Å². The molecule has 1 saturated heterocycles. The molecule has 1 fully saturated rings. The first-order valence-corrected chi connectivity index (χ1v) is 11.6. The molecule has 2 N–H and O–H groups in total. The fourth-order valence-electron chi connectivity index (χ4n) is 3.90. The third kappa shape index (κ3) is 5.47. The van der Waals surface area contributed by atoms with Crippen molar-refractivity contribution < 1.29 is 17.9 Å². The van der Waals surface area contributed by atoms with Gasteiger partial charge in [0.25, 0.3) is 0 Å². The van der Waals surface area contributed by atoms with Gasteiger partial charge in [0.15, 0.2) is 5.78 Å². The molecule has 2 aliphatic heterocycles. The van der Waals surface area contributed by atoms with E-state index in [-0.39, 0.29) is 22.1 Å². The number of rotatable bonds is 4. The average Bonchev–Trinajstić information content (AvgIpc) is 2.59. The molecule has 29 heavy (non-hydrogen) atoms. The number of ketones is 1. The van der Waals surface area contributed by atoms with Gasteiger partial charge in [-0.25, -0.2) is 13.1 Å². The second-order valence-corrected chi connectivity index (χ2v) is 11.4. The predicted octanol–water partition coefficient (Wildman–Crippen LogP) is 3.02. The number of sulfonamides is 1. The molecule has 1 aromatic carbocycles. The van der Waals surface area contributed by atoms with E-state index in [4.69, 9.17) is 4.74 Å². The Hall–Kier alpha value is -1.70. The minimum absolute atomic E-state index is 0.0407. The van der Waals surface area contributed by atoms with Crippen LogP contribution in [0, 0.1) is 5.92 Å². The summed E-state index contributed by atoms with van der Waals surface area (Å²) in [4.78, 5) is 13.1. The predicted molar refractivity (Wildman–Crippen MR) is 114 cm³/mol. The molecule has 0 atom stereocenters. The Bertz CT molecular complexity index is 921. The number of ether oxygens (including phenoxy) is 1. The van der Waals surface area contributed by atoms with Crippen molar-refractivity contribution in [1.82, 2.24) is 10.0 Å². The molecule has 0 spiro atoms. The molecule has 3 rings (SSSR count). The van der Waals surface area contributed by atoms with Crippen LogP contribution in [-0.2, 0) is 26.0 Å². The van der Waals surface area contributed by atoms with Gasteiger partial charge in [0.2, 0.25) is 10.0 Å². The highest BCUT2D eigenvalue weighted by Crippen LogP contribution is 2.32. The Kier molecular flexibility index (Phi) is 5.96. The average molecular weight is 421 g/mol. The third-order valence-corrected chi connectivity index (χ3v) is 6.89. The van der Waals surface area contributed by atoms with Crippen molar-refractivity contribution in [3.05, 3.63) is 35.4 Å². The van der Waals surface area contributed by atoms with Gasteiger partial charge in [-0.2, -0.15) is 0 Å². The minimum atomic E-state index is -3.66. The van der Waals surface area contributed by atoms with Gasteiger partial charge in [-0.15, -0.1) is 0 Å². The number of hydrogen-bond donors (Lipinski definition) is 2.